The van der Waals surface area contributed by atoms with Gasteiger partial charge in [0.2, 0.25) is 0 Å². The van der Waals surface area contributed by atoms with Gasteiger partial charge in [-0.3, -0.25) is 0 Å². The van der Waals surface area contributed by atoms with E-state index in [1.54, 1.807) is 6.07 Å². The fraction of sp³-hybridized carbons (Fsp3) is 0.462. The zero-order valence-electron chi connectivity index (χ0n) is 11.0. The number of hydrogen-bond acceptors (Lipinski definition) is 3. The van der Waals surface area contributed by atoms with Crippen LogP contribution in [-0.4, -0.2) is 37.5 Å². The number of hydrogen-bond donors (Lipinski definition) is 3. The monoisotopic (exact) mass is 348 g/mol. The maximum Gasteiger partial charge on any atom is 0.315 e. The van der Waals surface area contributed by atoms with Crippen LogP contribution in [0.1, 0.15) is 12.0 Å². The molecule has 0 spiro atoms. The minimum absolute atomic E-state index is 0.00354. The minimum Gasteiger partial charge on any atom is -0.394 e. The second kappa shape index (κ2) is 9.68. The SMILES string of the molecule is O=C(NCCCOCCO)NCc1cc(F)ccc1Br. The molecule has 0 bridgehead atoms. The van der Waals surface area contributed by atoms with Crippen molar-refractivity contribution < 1.29 is 19.0 Å². The van der Waals surface area contributed by atoms with Crippen molar-refractivity contribution in [2.24, 2.45) is 0 Å². The van der Waals surface area contributed by atoms with Crippen molar-refractivity contribution in [3.63, 3.8) is 0 Å². The first-order chi connectivity index (χ1) is 9.63. The molecule has 3 N–H and O–H groups in total. The Morgan fingerprint density at radius 2 is 2.15 bits per heavy atom. The summed E-state index contributed by atoms with van der Waals surface area (Å²) in [6.45, 7) is 1.50. The summed E-state index contributed by atoms with van der Waals surface area (Å²) in [4.78, 5) is 11.5. The van der Waals surface area contributed by atoms with Gasteiger partial charge in [0.15, 0.2) is 0 Å². The highest BCUT2D eigenvalue weighted by Crippen LogP contribution is 2.17. The Kier molecular flexibility index (Phi) is 8.17. The predicted molar refractivity (Wildman–Crippen MR) is 76.9 cm³/mol. The molecule has 0 heterocycles. The molecule has 0 fully saturated rings. The smallest absolute Gasteiger partial charge is 0.315 e. The van der Waals surface area contributed by atoms with Crippen LogP contribution in [0.4, 0.5) is 9.18 Å². The van der Waals surface area contributed by atoms with Gasteiger partial charge in [0.25, 0.3) is 0 Å². The van der Waals surface area contributed by atoms with E-state index in [9.17, 15) is 9.18 Å². The van der Waals surface area contributed by atoms with Crippen LogP contribution >= 0.6 is 15.9 Å². The number of ether oxygens (including phenoxy) is 1. The first kappa shape index (κ1) is 16.9. The molecule has 1 aromatic rings. The highest BCUT2D eigenvalue weighted by molar-refractivity contribution is 9.10. The number of nitrogens with one attached hydrogen (secondary N) is 2. The molecule has 7 heteroatoms. The van der Waals surface area contributed by atoms with Crippen molar-refractivity contribution in [2.45, 2.75) is 13.0 Å². The third-order valence-corrected chi connectivity index (χ3v) is 3.21. The van der Waals surface area contributed by atoms with E-state index < -0.39 is 0 Å². The van der Waals surface area contributed by atoms with Gasteiger partial charge in [-0.15, -0.1) is 0 Å². The Morgan fingerprint density at radius 1 is 1.35 bits per heavy atom. The van der Waals surface area contributed by atoms with E-state index in [-0.39, 0.29) is 25.0 Å². The highest BCUT2D eigenvalue weighted by atomic mass is 79.9. The van der Waals surface area contributed by atoms with Crippen molar-refractivity contribution in [1.82, 2.24) is 10.6 Å². The Balaban J connectivity index is 2.18. The number of halogens is 2. The van der Waals surface area contributed by atoms with E-state index in [1.807, 2.05) is 0 Å². The molecule has 1 rings (SSSR count). The molecule has 2 amide bonds. The van der Waals surface area contributed by atoms with Gasteiger partial charge in [-0.05, 0) is 30.2 Å². The lowest BCUT2D eigenvalue weighted by Gasteiger charge is -2.09. The molecule has 0 aliphatic carbocycles. The van der Waals surface area contributed by atoms with Crippen LogP contribution in [0.3, 0.4) is 0 Å². The first-order valence-electron chi connectivity index (χ1n) is 6.27. The van der Waals surface area contributed by atoms with Crippen LogP contribution in [0.5, 0.6) is 0 Å². The second-order valence-electron chi connectivity index (χ2n) is 4.03. The lowest BCUT2D eigenvalue weighted by atomic mass is 10.2. The van der Waals surface area contributed by atoms with E-state index >= 15 is 0 Å². The van der Waals surface area contributed by atoms with E-state index in [0.717, 1.165) is 4.47 Å². The molecule has 0 aromatic heterocycles. The minimum atomic E-state index is -0.341. The second-order valence-corrected chi connectivity index (χ2v) is 4.89. The molecule has 0 aliphatic rings. The van der Waals surface area contributed by atoms with Gasteiger partial charge in [-0.25, -0.2) is 9.18 Å². The third-order valence-electron chi connectivity index (χ3n) is 2.43. The first-order valence-corrected chi connectivity index (χ1v) is 7.07. The zero-order valence-corrected chi connectivity index (χ0v) is 12.6. The molecule has 0 atom stereocenters. The van der Waals surface area contributed by atoms with Gasteiger partial charge in [0, 0.05) is 24.2 Å². The summed E-state index contributed by atoms with van der Waals surface area (Å²) in [5.74, 6) is -0.341. The summed E-state index contributed by atoms with van der Waals surface area (Å²) >= 11 is 3.29. The van der Waals surface area contributed by atoms with Crippen LogP contribution in [-0.2, 0) is 11.3 Å². The van der Waals surface area contributed by atoms with E-state index in [1.165, 1.54) is 12.1 Å². The molecule has 0 saturated heterocycles. The average Bonchev–Trinajstić information content (AvgIpc) is 2.43. The van der Waals surface area contributed by atoms with Gasteiger partial charge >= 0.3 is 6.03 Å². The Morgan fingerprint density at radius 3 is 2.90 bits per heavy atom. The normalized spacial score (nSPS) is 10.3. The number of carbonyl (C=O) groups is 1. The molecule has 112 valence electrons. The quantitative estimate of drug-likeness (QED) is 0.627. The van der Waals surface area contributed by atoms with E-state index in [0.29, 0.717) is 31.7 Å². The zero-order chi connectivity index (χ0) is 14.8. The molecule has 20 heavy (non-hydrogen) atoms. The van der Waals surface area contributed by atoms with Crippen LogP contribution in [0.25, 0.3) is 0 Å². The molecule has 0 radical (unpaired) electrons. The summed E-state index contributed by atoms with van der Waals surface area (Å²) < 4.78 is 18.8. The molecule has 0 unspecified atom stereocenters. The molecule has 1 aromatic carbocycles. The summed E-state index contributed by atoms with van der Waals surface area (Å²) in [7, 11) is 0. The number of rotatable bonds is 8. The largest absolute Gasteiger partial charge is 0.394 e. The molecule has 0 aliphatic heterocycles. The van der Waals surface area contributed by atoms with Crippen molar-refractivity contribution >= 4 is 22.0 Å². The summed E-state index contributed by atoms with van der Waals surface area (Å²) in [5.41, 5.74) is 0.673. The van der Waals surface area contributed by atoms with Crippen LogP contribution in [0.2, 0.25) is 0 Å². The van der Waals surface area contributed by atoms with Crippen LogP contribution in [0, 0.1) is 5.82 Å². The van der Waals surface area contributed by atoms with Gasteiger partial charge in [-0.2, -0.15) is 0 Å². The number of amides is 2. The molecular formula is C13H18BrFN2O3. The summed E-state index contributed by atoms with van der Waals surface area (Å²) in [5, 5.41) is 13.8. The van der Waals surface area contributed by atoms with Crippen LogP contribution in [0.15, 0.2) is 22.7 Å². The molecule has 0 saturated carbocycles. The van der Waals surface area contributed by atoms with E-state index in [2.05, 4.69) is 26.6 Å². The van der Waals surface area contributed by atoms with Crippen molar-refractivity contribution in [3.05, 3.63) is 34.1 Å². The van der Waals surface area contributed by atoms with Crippen molar-refractivity contribution in [1.29, 1.82) is 0 Å². The summed E-state index contributed by atoms with van der Waals surface area (Å²) in [6.07, 6.45) is 0.664. The standard InChI is InChI=1S/C13H18BrFN2O3/c14-12-3-2-11(15)8-10(12)9-17-13(19)16-4-1-6-20-7-5-18/h2-3,8,18H,1,4-7,9H2,(H2,16,17,19). The number of urea groups is 1. The topological polar surface area (TPSA) is 70.6 Å². The number of aliphatic hydroxyl groups is 1. The van der Waals surface area contributed by atoms with Crippen molar-refractivity contribution in [2.75, 3.05) is 26.4 Å². The maximum atomic E-state index is 13.0. The van der Waals surface area contributed by atoms with Gasteiger partial charge in [0.05, 0.1) is 13.2 Å². The third kappa shape index (κ3) is 6.83. The van der Waals surface area contributed by atoms with E-state index in [4.69, 9.17) is 9.84 Å². The van der Waals surface area contributed by atoms with Gasteiger partial charge in [-0.1, -0.05) is 15.9 Å². The number of benzene rings is 1. The Bertz CT molecular complexity index is 432. The Hall–Kier alpha value is -1.18. The molecule has 5 nitrogen and oxygen atoms in total. The summed E-state index contributed by atoms with van der Waals surface area (Å²) in [6, 6.07) is 4.00. The Labute approximate surface area is 125 Å². The lowest BCUT2D eigenvalue weighted by Crippen LogP contribution is -2.36. The average molecular weight is 349 g/mol. The fourth-order valence-corrected chi connectivity index (χ4v) is 1.85. The highest BCUT2D eigenvalue weighted by Gasteiger charge is 2.04. The molecular weight excluding hydrogens is 331 g/mol. The van der Waals surface area contributed by atoms with Gasteiger partial charge < -0.3 is 20.5 Å². The number of carbonyl (C=O) groups excluding carboxylic acids is 1. The maximum absolute atomic E-state index is 13.0. The van der Waals surface area contributed by atoms with Crippen molar-refractivity contribution in [3.8, 4) is 0 Å². The number of aliphatic hydroxyl groups excluding tert-OH is 1. The predicted octanol–water partition coefficient (Wildman–Crippen LogP) is 1.79. The fourth-order valence-electron chi connectivity index (χ4n) is 1.46. The lowest BCUT2D eigenvalue weighted by molar-refractivity contribution is 0.0910. The van der Waals surface area contributed by atoms with Gasteiger partial charge in [0.1, 0.15) is 5.82 Å². The van der Waals surface area contributed by atoms with Crippen LogP contribution < -0.4 is 10.6 Å².